The maximum atomic E-state index is 0. The van der Waals surface area contributed by atoms with Gasteiger partial charge in [0.2, 0.25) is 0 Å². The minimum atomic E-state index is 0. The van der Waals surface area contributed by atoms with Gasteiger partial charge in [-0.2, -0.15) is 0 Å². The first-order valence-electron chi connectivity index (χ1n) is 0. The molecule has 0 N–H and O–H groups in total. The molecule has 0 saturated heterocycles. The number of rotatable bonds is 0. The van der Waals surface area contributed by atoms with Gasteiger partial charge in [-0.05, 0) is 0 Å². The van der Waals surface area contributed by atoms with E-state index in [-0.39, 0.29) is 36.2 Å². The first-order chi connectivity index (χ1) is 0. The first-order valence-corrected chi connectivity index (χ1v) is 0. The molecule has 0 unspecified atom stereocenters. The molecule has 0 aromatic carbocycles. The summed E-state index contributed by atoms with van der Waals surface area (Å²) in [6.07, 6.45) is 0. The molecule has 0 aromatic heterocycles. The average molecular weight is 128 g/mol. The molecule has 0 aromatic rings. The molecular weight excluding hydrogens is 128 g/mol. The molecule has 34 valence electrons. The van der Waals surface area contributed by atoms with Crippen molar-refractivity contribution in [1.29, 1.82) is 0 Å². The molecule has 0 aliphatic carbocycles. The summed E-state index contributed by atoms with van der Waals surface area (Å²) in [6.45, 7) is 0. The molecule has 0 rings (SSSR count). The van der Waals surface area contributed by atoms with Crippen molar-refractivity contribution in [3.63, 3.8) is 0 Å². The van der Waals surface area contributed by atoms with Crippen LogP contribution in [0.4, 0.5) is 0 Å². The third-order valence-electron chi connectivity index (χ3n) is 0. The zero-order valence-electron chi connectivity index (χ0n) is 1.92. The summed E-state index contributed by atoms with van der Waals surface area (Å²) in [7, 11) is 0. The molecule has 0 aliphatic rings. The maximum Gasteiger partial charge on any atom is 4.00 e. The second-order valence-corrected chi connectivity index (χ2v) is 0. The molecule has 0 radical (unpaired) electrons. The Hall–Kier alpha value is 0.252. The van der Waals surface area contributed by atoms with Gasteiger partial charge < -0.3 is 18.8 Å². The molecule has 0 bridgehead atoms. The van der Waals surface area contributed by atoms with Crippen LogP contribution < -0.4 is 18.8 Å². The minimum absolute atomic E-state index is 0. The van der Waals surface area contributed by atoms with Crippen molar-refractivity contribution in [3.05, 3.63) is 0 Å². The van der Waals surface area contributed by atoms with Crippen molar-refractivity contribution in [2.75, 3.05) is 0 Å². The summed E-state index contributed by atoms with van der Waals surface area (Å²) >= 11 is 0. The molecule has 0 spiro atoms. The molecule has 0 amide bonds. The maximum absolute atomic E-state index is 0. The van der Waals surface area contributed by atoms with Crippen LogP contribution in [0.25, 0.3) is 0 Å². The predicted molar refractivity (Wildman–Crippen MR) is 0 cm³/mol. The third-order valence-corrected chi connectivity index (χ3v) is 0. The van der Waals surface area contributed by atoms with E-state index in [0.29, 0.717) is 0 Å². The quantitative estimate of drug-likeness (QED) is 0.284. The molecule has 0 fully saturated rings. The fourth-order valence-corrected chi connectivity index (χ4v) is 0. The Morgan fingerprint density at radius 3 is 0.400 bits per heavy atom. The van der Waals surface area contributed by atoms with Crippen LogP contribution >= 0.6 is 0 Å². The van der Waals surface area contributed by atoms with Crippen molar-refractivity contribution in [3.8, 4) is 0 Å². The van der Waals surface area contributed by atoms with E-state index in [9.17, 15) is 0 Å². The van der Waals surface area contributed by atoms with E-state index in [2.05, 4.69) is 0 Å². The summed E-state index contributed by atoms with van der Waals surface area (Å²) in [5, 5.41) is 0. The van der Waals surface area contributed by atoms with E-state index < -0.39 is 0 Å². The fraction of sp³-hybridized carbons (Fsp3) is 0. The van der Waals surface area contributed by atoms with Gasteiger partial charge in [0.15, 0.2) is 0 Å². The zero-order chi connectivity index (χ0) is 0. The van der Waals surface area contributed by atoms with Crippen molar-refractivity contribution >= 4 is 0 Å². The van der Waals surface area contributed by atoms with Gasteiger partial charge in [0.25, 0.3) is 0 Å². The van der Waals surface area contributed by atoms with Crippen molar-refractivity contribution < 1.29 is 36.2 Å². The second-order valence-electron chi connectivity index (χ2n) is 0. The van der Waals surface area contributed by atoms with Crippen LogP contribution in [0.3, 0.4) is 0 Å². The smallest absolute Gasteiger partial charge is 1.00 e. The molecule has 0 saturated carbocycles. The Balaban J connectivity index is 0. The Morgan fingerprint density at radius 1 is 0.400 bits per heavy atom. The van der Waals surface area contributed by atoms with Crippen LogP contribution in [0.5, 0.6) is 0 Å². The van der Waals surface area contributed by atoms with Crippen LogP contribution in [0, 0.1) is 0 Å². The SMILES string of the molecule is [Cr+4].[F-].[F-].[F-].[F-]. The molecule has 5 heteroatoms. The van der Waals surface area contributed by atoms with Crippen LogP contribution in [-0.2, 0) is 17.4 Å². The standard InChI is InChI=1S/Cr.4FH/h;4*1H/q+4;;;;/p-4. The van der Waals surface area contributed by atoms with Gasteiger partial charge in [0.1, 0.15) is 0 Å². The van der Waals surface area contributed by atoms with Gasteiger partial charge in [-0.1, -0.05) is 0 Å². The van der Waals surface area contributed by atoms with E-state index in [0.717, 1.165) is 0 Å². The topological polar surface area (TPSA) is 0 Å². The number of hydrogen-bond acceptors (Lipinski definition) is 0. The zero-order valence-corrected chi connectivity index (χ0v) is 3.20. The van der Waals surface area contributed by atoms with Crippen molar-refractivity contribution in [1.82, 2.24) is 0 Å². The van der Waals surface area contributed by atoms with Gasteiger partial charge in [0, 0.05) is 0 Å². The van der Waals surface area contributed by atoms with Gasteiger partial charge in [-0.25, -0.2) is 0 Å². The van der Waals surface area contributed by atoms with Gasteiger partial charge in [0.05, 0.1) is 0 Å². The molecule has 0 aliphatic heterocycles. The predicted octanol–water partition coefficient (Wildman–Crippen LogP) is -12.0. The summed E-state index contributed by atoms with van der Waals surface area (Å²) in [6, 6.07) is 0. The van der Waals surface area contributed by atoms with Gasteiger partial charge >= 0.3 is 17.4 Å². The van der Waals surface area contributed by atoms with Crippen LogP contribution in [-0.4, -0.2) is 0 Å². The normalized spacial score (nSPS) is 0. The number of hydrogen-bond donors (Lipinski definition) is 0. The Kier molecular flexibility index (Phi) is 210000. The summed E-state index contributed by atoms with van der Waals surface area (Å²) < 4.78 is 0. The van der Waals surface area contributed by atoms with Crippen molar-refractivity contribution in [2.45, 2.75) is 0 Å². The van der Waals surface area contributed by atoms with Crippen molar-refractivity contribution in [2.24, 2.45) is 0 Å². The first kappa shape index (κ1) is 1490. The van der Waals surface area contributed by atoms with Gasteiger partial charge in [-0.3, -0.25) is 0 Å². The van der Waals surface area contributed by atoms with E-state index in [1.54, 1.807) is 0 Å². The van der Waals surface area contributed by atoms with E-state index in [1.807, 2.05) is 0 Å². The Bertz CT molecular complexity index is 3.61. The largest absolute Gasteiger partial charge is 4.00 e. The average Bonchev–Trinajstić information content (AvgIpc) is 0. The van der Waals surface area contributed by atoms with Crippen LogP contribution in [0.2, 0.25) is 0 Å². The molecule has 0 nitrogen and oxygen atoms in total. The third kappa shape index (κ3) is 338. The van der Waals surface area contributed by atoms with Crippen LogP contribution in [0.15, 0.2) is 0 Å². The van der Waals surface area contributed by atoms with E-state index >= 15 is 0 Å². The molecule has 0 atom stereocenters. The summed E-state index contributed by atoms with van der Waals surface area (Å²) in [5.74, 6) is 0. The van der Waals surface area contributed by atoms with E-state index in [4.69, 9.17) is 0 Å². The van der Waals surface area contributed by atoms with E-state index in [1.165, 1.54) is 0 Å². The monoisotopic (exact) mass is 128 g/mol. The Morgan fingerprint density at radius 2 is 0.400 bits per heavy atom. The number of halogens is 4. The Labute approximate surface area is 37.2 Å². The summed E-state index contributed by atoms with van der Waals surface area (Å²) in [4.78, 5) is 0. The second kappa shape index (κ2) is 706. The van der Waals surface area contributed by atoms with Crippen LogP contribution in [0.1, 0.15) is 0 Å². The summed E-state index contributed by atoms with van der Waals surface area (Å²) in [5.41, 5.74) is 0. The molecule has 0 heterocycles. The molecule has 5 heavy (non-hydrogen) atoms. The molecular formula is CrF4. The fourth-order valence-electron chi connectivity index (χ4n) is 0. The minimum Gasteiger partial charge on any atom is -1.00 e. The van der Waals surface area contributed by atoms with Gasteiger partial charge in [-0.15, -0.1) is 0 Å².